The molecule has 0 radical (unpaired) electrons. The van der Waals surface area contributed by atoms with Crippen LogP contribution in [-0.2, 0) is 0 Å². The van der Waals surface area contributed by atoms with Crippen LogP contribution in [0, 0.1) is 6.92 Å². The predicted molar refractivity (Wildman–Crippen MR) is 148 cm³/mol. The van der Waals surface area contributed by atoms with Crippen LogP contribution in [0.1, 0.15) is 68.8 Å². The van der Waals surface area contributed by atoms with Crippen LogP contribution in [0.4, 0.5) is 5.69 Å². The van der Waals surface area contributed by atoms with E-state index in [-0.39, 0.29) is 5.91 Å². The molecule has 0 saturated heterocycles. The van der Waals surface area contributed by atoms with Gasteiger partial charge in [0.2, 0.25) is 0 Å². The Morgan fingerprint density at radius 1 is 1.06 bits per heavy atom. The molecule has 2 aromatic rings. The van der Waals surface area contributed by atoms with Gasteiger partial charge in [0.15, 0.2) is 0 Å². The van der Waals surface area contributed by atoms with Gasteiger partial charge in [-0.05, 0) is 86.6 Å². The third kappa shape index (κ3) is 5.53. The summed E-state index contributed by atoms with van der Waals surface area (Å²) >= 11 is 0. The van der Waals surface area contributed by atoms with E-state index in [2.05, 4.69) is 85.4 Å². The number of nitrogens with zero attached hydrogens (tertiary/aromatic N) is 1. The van der Waals surface area contributed by atoms with Crippen molar-refractivity contribution < 1.29 is 4.79 Å². The molecule has 4 heteroatoms. The lowest BCUT2D eigenvalue weighted by Gasteiger charge is -2.37. The van der Waals surface area contributed by atoms with E-state index >= 15 is 0 Å². The highest BCUT2D eigenvalue weighted by molar-refractivity contribution is 5.99. The predicted octanol–water partition coefficient (Wildman–Crippen LogP) is 6.89. The number of allylic oxidation sites excluding steroid dienone is 3. The highest BCUT2D eigenvalue weighted by atomic mass is 16.1. The van der Waals surface area contributed by atoms with Gasteiger partial charge in [-0.25, -0.2) is 0 Å². The summed E-state index contributed by atoms with van der Waals surface area (Å²) in [6, 6.07) is 15.3. The largest absolute Gasteiger partial charge is 0.369 e. The first kappa shape index (κ1) is 24.8. The topological polar surface area (TPSA) is 44.4 Å². The van der Waals surface area contributed by atoms with Crippen molar-refractivity contribution in [2.75, 3.05) is 18.0 Å². The summed E-state index contributed by atoms with van der Waals surface area (Å²) in [5.41, 5.74) is 9.30. The van der Waals surface area contributed by atoms with E-state index in [4.69, 9.17) is 0 Å². The normalized spacial score (nSPS) is 16.6. The molecule has 0 spiro atoms. The second kappa shape index (κ2) is 11.0. The Balaban J connectivity index is 1.70. The minimum Gasteiger partial charge on any atom is -0.369 e. The van der Waals surface area contributed by atoms with E-state index in [1.807, 2.05) is 13.0 Å². The van der Waals surface area contributed by atoms with Crippen molar-refractivity contribution in [1.82, 2.24) is 10.6 Å². The third-order valence-electron chi connectivity index (χ3n) is 7.44. The van der Waals surface area contributed by atoms with Gasteiger partial charge in [-0.1, -0.05) is 56.2 Å². The molecule has 2 aromatic carbocycles. The molecule has 0 unspecified atom stereocenters. The van der Waals surface area contributed by atoms with Crippen LogP contribution in [0.3, 0.4) is 0 Å². The molecule has 1 heterocycles. The Morgan fingerprint density at radius 2 is 1.77 bits per heavy atom. The van der Waals surface area contributed by atoms with E-state index in [9.17, 15) is 4.79 Å². The molecular weight excluding hydrogens is 430 g/mol. The SMILES string of the molecule is C=C1NC(C)=CC(C)=C1CNC(=O)c1cc(-c2ccccc2)cc(N(CC)C2CCCCC2)c1C. The van der Waals surface area contributed by atoms with Crippen molar-refractivity contribution in [1.29, 1.82) is 0 Å². The average Bonchev–Trinajstić information content (AvgIpc) is 2.86. The number of nitrogens with one attached hydrogen (secondary N) is 2. The number of dihydropyridines is 1. The van der Waals surface area contributed by atoms with E-state index in [0.29, 0.717) is 12.6 Å². The summed E-state index contributed by atoms with van der Waals surface area (Å²) in [6.07, 6.45) is 8.44. The molecule has 1 amide bonds. The first-order valence-corrected chi connectivity index (χ1v) is 13.0. The molecule has 1 fully saturated rings. The number of benzene rings is 2. The lowest BCUT2D eigenvalue weighted by molar-refractivity contribution is 0.0956. The third-order valence-corrected chi connectivity index (χ3v) is 7.44. The number of hydrogen-bond donors (Lipinski definition) is 2. The van der Waals surface area contributed by atoms with Crippen molar-refractivity contribution in [2.45, 2.75) is 65.8 Å². The Kier molecular flexibility index (Phi) is 7.80. The summed E-state index contributed by atoms with van der Waals surface area (Å²) in [5, 5.41) is 6.47. The van der Waals surface area contributed by atoms with Crippen molar-refractivity contribution >= 4 is 11.6 Å². The zero-order valence-electron chi connectivity index (χ0n) is 21.7. The fraction of sp³-hybridized carbons (Fsp3) is 0.387. The zero-order valence-corrected chi connectivity index (χ0v) is 21.7. The molecule has 1 aliphatic carbocycles. The van der Waals surface area contributed by atoms with Crippen LogP contribution in [0.25, 0.3) is 11.1 Å². The van der Waals surface area contributed by atoms with Crippen molar-refractivity contribution in [2.24, 2.45) is 0 Å². The van der Waals surface area contributed by atoms with Crippen molar-refractivity contribution in [3.8, 4) is 11.1 Å². The molecule has 0 aromatic heterocycles. The summed E-state index contributed by atoms with van der Waals surface area (Å²) in [7, 11) is 0. The van der Waals surface area contributed by atoms with Crippen LogP contribution in [0.15, 0.2) is 77.7 Å². The number of amides is 1. The van der Waals surface area contributed by atoms with Crippen LogP contribution >= 0.6 is 0 Å². The van der Waals surface area contributed by atoms with Gasteiger partial charge in [0.1, 0.15) is 0 Å². The molecule has 0 atom stereocenters. The monoisotopic (exact) mass is 469 g/mol. The van der Waals surface area contributed by atoms with Gasteiger partial charge in [0, 0.05) is 41.8 Å². The van der Waals surface area contributed by atoms with Gasteiger partial charge in [-0.3, -0.25) is 4.79 Å². The second-order valence-electron chi connectivity index (χ2n) is 9.89. The van der Waals surface area contributed by atoms with E-state index in [0.717, 1.165) is 51.3 Å². The second-order valence-corrected chi connectivity index (χ2v) is 9.89. The minimum absolute atomic E-state index is 0.0411. The van der Waals surface area contributed by atoms with E-state index < -0.39 is 0 Å². The first-order chi connectivity index (χ1) is 16.9. The Bertz CT molecular complexity index is 1150. The lowest BCUT2D eigenvalue weighted by Crippen LogP contribution is -2.37. The number of hydrogen-bond acceptors (Lipinski definition) is 3. The zero-order chi connectivity index (χ0) is 24.9. The number of anilines is 1. The van der Waals surface area contributed by atoms with Crippen LogP contribution < -0.4 is 15.5 Å². The van der Waals surface area contributed by atoms with Crippen molar-refractivity contribution in [3.63, 3.8) is 0 Å². The van der Waals surface area contributed by atoms with Gasteiger partial charge in [-0.2, -0.15) is 0 Å². The molecular formula is C31H39N3O. The number of carbonyl (C=O) groups excluding carboxylic acids is 1. The molecule has 184 valence electrons. The maximum Gasteiger partial charge on any atom is 0.251 e. The van der Waals surface area contributed by atoms with Crippen molar-refractivity contribution in [3.05, 3.63) is 88.8 Å². The number of rotatable bonds is 7. The molecule has 1 saturated carbocycles. The molecule has 2 N–H and O–H groups in total. The van der Waals surface area contributed by atoms with Crippen LogP contribution in [0.2, 0.25) is 0 Å². The number of carbonyl (C=O) groups is 1. The maximum atomic E-state index is 13.6. The standard InChI is InChI=1S/C31H39N3O/c1-6-34(27-15-11-8-12-16-27)30-19-26(25-13-9-7-10-14-25)18-28(23(30)4)31(35)32-20-29-21(2)17-22(3)33-24(29)5/h7,9-10,13-14,17-19,27,33H,5-6,8,11-12,15-16,20H2,1-4H3,(H,32,35). The Morgan fingerprint density at radius 3 is 2.43 bits per heavy atom. The van der Waals surface area contributed by atoms with Gasteiger partial charge < -0.3 is 15.5 Å². The van der Waals surface area contributed by atoms with E-state index in [1.54, 1.807) is 0 Å². The highest BCUT2D eigenvalue weighted by Crippen LogP contribution is 2.35. The molecule has 1 aliphatic heterocycles. The summed E-state index contributed by atoms with van der Waals surface area (Å²) in [6.45, 7) is 14.0. The molecule has 0 bridgehead atoms. The van der Waals surface area contributed by atoms with E-state index in [1.165, 1.54) is 37.8 Å². The maximum absolute atomic E-state index is 13.6. The highest BCUT2D eigenvalue weighted by Gasteiger charge is 2.25. The molecule has 4 rings (SSSR count). The van der Waals surface area contributed by atoms with Crippen LogP contribution in [0.5, 0.6) is 0 Å². The van der Waals surface area contributed by atoms with Gasteiger partial charge in [-0.15, -0.1) is 0 Å². The molecule has 2 aliphatic rings. The summed E-state index contributed by atoms with van der Waals surface area (Å²) in [5.74, 6) is -0.0411. The van der Waals surface area contributed by atoms with Gasteiger partial charge in [0.25, 0.3) is 5.91 Å². The first-order valence-electron chi connectivity index (χ1n) is 13.0. The quantitative estimate of drug-likeness (QED) is 0.464. The molecule has 35 heavy (non-hydrogen) atoms. The lowest BCUT2D eigenvalue weighted by atomic mass is 9.91. The fourth-order valence-electron chi connectivity index (χ4n) is 5.56. The summed E-state index contributed by atoms with van der Waals surface area (Å²) < 4.78 is 0. The fourth-order valence-corrected chi connectivity index (χ4v) is 5.56. The Labute approximate surface area is 210 Å². The van der Waals surface area contributed by atoms with Gasteiger partial charge >= 0.3 is 0 Å². The summed E-state index contributed by atoms with van der Waals surface area (Å²) in [4.78, 5) is 16.1. The van der Waals surface area contributed by atoms with Crippen LogP contribution in [-0.4, -0.2) is 25.0 Å². The minimum atomic E-state index is -0.0411. The average molecular weight is 470 g/mol. The van der Waals surface area contributed by atoms with Gasteiger partial charge in [0.05, 0.1) is 0 Å². The molecule has 4 nitrogen and oxygen atoms in total. The Hall–Kier alpha value is -3.27. The smallest absolute Gasteiger partial charge is 0.251 e.